The number of nitrogens with zero attached hydrogens (tertiary/aromatic N) is 4. The van der Waals surface area contributed by atoms with Gasteiger partial charge in [-0.15, -0.1) is 0 Å². The van der Waals surface area contributed by atoms with Crippen LogP contribution in [0, 0.1) is 13.8 Å². The molecule has 1 amide bonds. The number of carbonyl (C=O) groups is 1. The van der Waals surface area contributed by atoms with Gasteiger partial charge in [-0.1, -0.05) is 40.9 Å². The van der Waals surface area contributed by atoms with E-state index in [-0.39, 0.29) is 11.7 Å². The van der Waals surface area contributed by atoms with Gasteiger partial charge in [0.05, 0.1) is 17.8 Å². The molecular formula is C17H16Cl3N5O. The van der Waals surface area contributed by atoms with Crippen molar-refractivity contribution in [2.75, 3.05) is 5.32 Å². The van der Waals surface area contributed by atoms with Crippen LogP contribution in [-0.2, 0) is 13.6 Å². The van der Waals surface area contributed by atoms with Crippen molar-refractivity contribution in [3.8, 4) is 0 Å². The van der Waals surface area contributed by atoms with Crippen LogP contribution in [0.5, 0.6) is 0 Å². The average Bonchev–Trinajstić information content (AvgIpc) is 3.02. The second-order valence-corrected chi connectivity index (χ2v) is 7.07. The first-order valence-electron chi connectivity index (χ1n) is 7.75. The molecule has 0 fully saturated rings. The van der Waals surface area contributed by atoms with Gasteiger partial charge in [0.25, 0.3) is 5.91 Å². The number of anilines is 1. The molecular weight excluding hydrogens is 397 g/mol. The Hall–Kier alpha value is -2.02. The van der Waals surface area contributed by atoms with Crippen molar-refractivity contribution in [1.82, 2.24) is 19.6 Å². The van der Waals surface area contributed by atoms with Crippen molar-refractivity contribution in [2.45, 2.75) is 20.4 Å². The summed E-state index contributed by atoms with van der Waals surface area (Å²) in [6.45, 7) is 3.94. The number of hydrogen-bond acceptors (Lipinski definition) is 3. The van der Waals surface area contributed by atoms with Crippen LogP contribution in [-0.4, -0.2) is 25.5 Å². The first kappa shape index (κ1) is 18.8. The van der Waals surface area contributed by atoms with E-state index in [4.69, 9.17) is 34.8 Å². The highest BCUT2D eigenvalue weighted by molar-refractivity contribution is 6.36. The smallest absolute Gasteiger partial charge is 0.260 e. The van der Waals surface area contributed by atoms with Crippen LogP contribution in [0.2, 0.25) is 15.1 Å². The SMILES string of the molecule is Cc1nn(C)c(C)c1C(=O)Nc1nn(Cc2c(Cl)cccc2Cl)cc1Cl. The summed E-state index contributed by atoms with van der Waals surface area (Å²) in [6, 6.07) is 5.28. The molecule has 0 saturated heterocycles. The molecule has 1 aromatic carbocycles. The number of benzene rings is 1. The van der Waals surface area contributed by atoms with Crippen molar-refractivity contribution in [2.24, 2.45) is 7.05 Å². The fourth-order valence-electron chi connectivity index (χ4n) is 2.68. The lowest BCUT2D eigenvalue weighted by molar-refractivity contribution is 0.102. The Bertz CT molecular complexity index is 972. The minimum atomic E-state index is -0.309. The predicted molar refractivity (Wildman–Crippen MR) is 103 cm³/mol. The molecule has 3 aromatic rings. The summed E-state index contributed by atoms with van der Waals surface area (Å²) < 4.78 is 3.23. The molecule has 0 saturated carbocycles. The van der Waals surface area contributed by atoms with E-state index in [9.17, 15) is 4.79 Å². The summed E-state index contributed by atoms with van der Waals surface area (Å²) in [7, 11) is 1.79. The number of amides is 1. The van der Waals surface area contributed by atoms with Gasteiger partial charge in [-0.05, 0) is 26.0 Å². The number of halogens is 3. The zero-order chi connectivity index (χ0) is 19.0. The molecule has 0 aliphatic rings. The normalized spacial score (nSPS) is 11.0. The lowest BCUT2D eigenvalue weighted by Gasteiger charge is -2.07. The van der Waals surface area contributed by atoms with Crippen LogP contribution in [0.15, 0.2) is 24.4 Å². The Morgan fingerprint density at radius 2 is 1.77 bits per heavy atom. The number of rotatable bonds is 4. The highest BCUT2D eigenvalue weighted by Gasteiger charge is 2.20. The molecule has 1 N–H and O–H groups in total. The Morgan fingerprint density at radius 1 is 1.12 bits per heavy atom. The van der Waals surface area contributed by atoms with Crippen LogP contribution in [0.25, 0.3) is 0 Å². The molecule has 0 aliphatic heterocycles. The van der Waals surface area contributed by atoms with Crippen LogP contribution in [0.1, 0.15) is 27.3 Å². The highest BCUT2D eigenvalue weighted by Crippen LogP contribution is 2.27. The average molecular weight is 413 g/mol. The topological polar surface area (TPSA) is 64.7 Å². The van der Waals surface area contributed by atoms with E-state index in [1.807, 2.05) is 6.92 Å². The quantitative estimate of drug-likeness (QED) is 0.686. The summed E-state index contributed by atoms with van der Waals surface area (Å²) in [5.41, 5.74) is 2.64. The maximum absolute atomic E-state index is 12.6. The van der Waals surface area contributed by atoms with E-state index in [1.165, 1.54) is 0 Å². The Kier molecular flexibility index (Phi) is 5.27. The number of aryl methyl sites for hydroxylation is 2. The summed E-state index contributed by atoms with van der Waals surface area (Å²) in [6.07, 6.45) is 1.61. The van der Waals surface area contributed by atoms with E-state index >= 15 is 0 Å². The zero-order valence-corrected chi connectivity index (χ0v) is 16.6. The number of carbonyl (C=O) groups excluding carboxylic acids is 1. The Balaban J connectivity index is 1.84. The van der Waals surface area contributed by atoms with Gasteiger partial charge in [-0.3, -0.25) is 14.2 Å². The van der Waals surface area contributed by atoms with Crippen molar-refractivity contribution < 1.29 is 4.79 Å². The molecule has 0 radical (unpaired) electrons. The van der Waals surface area contributed by atoms with Gasteiger partial charge >= 0.3 is 0 Å². The number of nitrogens with one attached hydrogen (secondary N) is 1. The second kappa shape index (κ2) is 7.31. The fraction of sp³-hybridized carbons (Fsp3) is 0.235. The second-order valence-electron chi connectivity index (χ2n) is 5.85. The van der Waals surface area contributed by atoms with Gasteiger partial charge in [-0.2, -0.15) is 10.2 Å². The van der Waals surface area contributed by atoms with Crippen LogP contribution < -0.4 is 5.32 Å². The van der Waals surface area contributed by atoms with E-state index in [0.29, 0.717) is 32.9 Å². The first-order chi connectivity index (χ1) is 12.3. The van der Waals surface area contributed by atoms with Crippen LogP contribution >= 0.6 is 34.8 Å². The van der Waals surface area contributed by atoms with Crippen molar-refractivity contribution >= 4 is 46.5 Å². The molecule has 0 bridgehead atoms. The molecule has 26 heavy (non-hydrogen) atoms. The predicted octanol–water partition coefficient (Wildman–Crippen LogP) is 4.49. The van der Waals surface area contributed by atoms with Gasteiger partial charge in [-0.25, -0.2) is 0 Å². The monoisotopic (exact) mass is 411 g/mol. The Morgan fingerprint density at radius 3 is 2.35 bits per heavy atom. The largest absolute Gasteiger partial charge is 0.304 e. The summed E-state index contributed by atoms with van der Waals surface area (Å²) >= 11 is 18.6. The third-order valence-electron chi connectivity index (χ3n) is 4.07. The van der Waals surface area contributed by atoms with Crippen LogP contribution in [0.4, 0.5) is 5.82 Å². The molecule has 2 heterocycles. The van der Waals surface area contributed by atoms with Gasteiger partial charge in [0.15, 0.2) is 5.82 Å². The Labute approximate surface area is 165 Å². The zero-order valence-electron chi connectivity index (χ0n) is 14.3. The summed E-state index contributed by atoms with van der Waals surface area (Å²) in [5.74, 6) is -0.0430. The molecule has 6 nitrogen and oxygen atoms in total. The molecule has 136 valence electrons. The van der Waals surface area contributed by atoms with Crippen molar-refractivity contribution in [1.29, 1.82) is 0 Å². The lowest BCUT2D eigenvalue weighted by atomic mass is 10.2. The minimum absolute atomic E-state index is 0.266. The molecule has 9 heteroatoms. The highest BCUT2D eigenvalue weighted by atomic mass is 35.5. The van der Waals surface area contributed by atoms with Gasteiger partial charge in [0.2, 0.25) is 0 Å². The summed E-state index contributed by atoms with van der Waals surface area (Å²) in [5, 5.41) is 12.7. The maximum Gasteiger partial charge on any atom is 0.260 e. The lowest BCUT2D eigenvalue weighted by Crippen LogP contribution is -2.15. The molecule has 0 spiro atoms. The summed E-state index contributed by atoms with van der Waals surface area (Å²) in [4.78, 5) is 12.6. The maximum atomic E-state index is 12.6. The minimum Gasteiger partial charge on any atom is -0.304 e. The number of aromatic nitrogens is 4. The number of hydrogen-bond donors (Lipinski definition) is 1. The third-order valence-corrected chi connectivity index (χ3v) is 5.05. The van der Waals surface area contributed by atoms with E-state index in [1.54, 1.807) is 47.7 Å². The van der Waals surface area contributed by atoms with E-state index in [2.05, 4.69) is 15.5 Å². The fourth-order valence-corrected chi connectivity index (χ4v) is 3.40. The standard InChI is InChI=1S/C17H16Cl3N5O/c1-9-15(10(2)24(3)22-9)17(26)21-16-14(20)8-25(23-16)7-11-12(18)5-4-6-13(11)19/h4-6,8H,7H2,1-3H3,(H,21,23,26). The van der Waals surface area contributed by atoms with E-state index in [0.717, 1.165) is 11.3 Å². The van der Waals surface area contributed by atoms with Gasteiger partial charge < -0.3 is 5.32 Å². The molecule has 0 atom stereocenters. The first-order valence-corrected chi connectivity index (χ1v) is 8.88. The third kappa shape index (κ3) is 3.58. The van der Waals surface area contributed by atoms with Gasteiger partial charge in [0, 0.05) is 34.5 Å². The molecule has 0 unspecified atom stereocenters. The van der Waals surface area contributed by atoms with Crippen LogP contribution in [0.3, 0.4) is 0 Å². The molecule has 3 rings (SSSR count). The van der Waals surface area contributed by atoms with E-state index < -0.39 is 0 Å². The van der Waals surface area contributed by atoms with Crippen molar-refractivity contribution in [3.63, 3.8) is 0 Å². The molecule has 2 aromatic heterocycles. The molecule has 0 aliphatic carbocycles. The van der Waals surface area contributed by atoms with Gasteiger partial charge in [0.1, 0.15) is 5.02 Å². The van der Waals surface area contributed by atoms with Crippen molar-refractivity contribution in [3.05, 3.63) is 62.0 Å².